The first kappa shape index (κ1) is 13.9. The maximum Gasteiger partial charge on any atom is 0.238 e. The van der Waals surface area contributed by atoms with Crippen LogP contribution >= 0.6 is 0 Å². The van der Waals surface area contributed by atoms with Crippen molar-refractivity contribution in [3.63, 3.8) is 0 Å². The van der Waals surface area contributed by atoms with Crippen molar-refractivity contribution in [1.29, 1.82) is 0 Å². The second-order valence-electron chi connectivity index (χ2n) is 6.97. The van der Waals surface area contributed by atoms with E-state index < -0.39 is 16.9 Å². The summed E-state index contributed by atoms with van der Waals surface area (Å²) >= 11 is 0. The topological polar surface area (TPSA) is 83.6 Å². The van der Waals surface area contributed by atoms with Crippen LogP contribution in [0, 0.1) is 17.3 Å². The number of carbonyl (C=O) groups excluding carboxylic acids is 2. The molecule has 0 aromatic carbocycles. The quantitative estimate of drug-likeness (QED) is 0.745. The van der Waals surface area contributed by atoms with Gasteiger partial charge in [-0.15, -0.1) is 0 Å². The van der Waals surface area contributed by atoms with Gasteiger partial charge in [-0.1, -0.05) is 13.3 Å². The number of primary amides is 1. The first-order valence-corrected chi connectivity index (χ1v) is 7.72. The molecule has 3 N–H and O–H groups in total. The molecular formula is C15H24N2O3. The molecule has 0 bridgehead atoms. The molecule has 0 aromatic heterocycles. The van der Waals surface area contributed by atoms with E-state index in [2.05, 4.69) is 0 Å². The van der Waals surface area contributed by atoms with Gasteiger partial charge in [0.1, 0.15) is 5.41 Å². The summed E-state index contributed by atoms with van der Waals surface area (Å²) in [6, 6.07) is 0. The lowest BCUT2D eigenvalue weighted by molar-refractivity contribution is -0.157. The third-order valence-corrected chi connectivity index (χ3v) is 5.86. The zero-order valence-electron chi connectivity index (χ0n) is 12.1. The number of nitrogens with two attached hydrogens (primary N) is 1. The van der Waals surface area contributed by atoms with Crippen molar-refractivity contribution in [3.05, 3.63) is 0 Å². The van der Waals surface area contributed by atoms with Crippen molar-refractivity contribution in [2.24, 2.45) is 23.0 Å². The van der Waals surface area contributed by atoms with Crippen molar-refractivity contribution in [2.75, 3.05) is 13.1 Å². The summed E-state index contributed by atoms with van der Waals surface area (Å²) in [6.07, 6.45) is 5.18. The molecule has 2 aliphatic carbocycles. The van der Waals surface area contributed by atoms with E-state index in [1.54, 1.807) is 4.90 Å². The first-order chi connectivity index (χ1) is 9.40. The monoisotopic (exact) mass is 280 g/mol. The summed E-state index contributed by atoms with van der Waals surface area (Å²) in [5, 5.41) is 10.9. The zero-order chi connectivity index (χ0) is 14.5. The first-order valence-electron chi connectivity index (χ1n) is 7.72. The minimum atomic E-state index is -0.925. The van der Waals surface area contributed by atoms with Crippen LogP contribution in [0.15, 0.2) is 0 Å². The van der Waals surface area contributed by atoms with Crippen LogP contribution in [0.3, 0.4) is 0 Å². The van der Waals surface area contributed by atoms with E-state index in [1.165, 1.54) is 6.42 Å². The number of hydrogen-bond donors (Lipinski definition) is 2. The predicted molar refractivity (Wildman–Crippen MR) is 73.5 cm³/mol. The van der Waals surface area contributed by atoms with Gasteiger partial charge in [-0.3, -0.25) is 9.59 Å². The highest BCUT2D eigenvalue weighted by Crippen LogP contribution is 2.49. The molecule has 2 atom stereocenters. The van der Waals surface area contributed by atoms with E-state index in [0.29, 0.717) is 38.3 Å². The van der Waals surface area contributed by atoms with E-state index in [4.69, 9.17) is 5.73 Å². The van der Waals surface area contributed by atoms with Gasteiger partial charge in [0, 0.05) is 19.0 Å². The van der Waals surface area contributed by atoms with E-state index in [0.717, 1.165) is 12.8 Å². The van der Waals surface area contributed by atoms with Crippen LogP contribution in [0.1, 0.15) is 45.4 Å². The Morgan fingerprint density at radius 1 is 1.25 bits per heavy atom. The summed E-state index contributed by atoms with van der Waals surface area (Å²) in [5.74, 6) is -0.155. The average molecular weight is 280 g/mol. The number of amides is 2. The highest BCUT2D eigenvalue weighted by molar-refractivity contribution is 6.07. The Morgan fingerprint density at radius 3 is 2.30 bits per heavy atom. The number of piperidine rings is 1. The number of hydrogen-bond acceptors (Lipinski definition) is 3. The van der Waals surface area contributed by atoms with Crippen LogP contribution < -0.4 is 5.73 Å². The van der Waals surface area contributed by atoms with Gasteiger partial charge in [-0.05, 0) is 38.0 Å². The van der Waals surface area contributed by atoms with Gasteiger partial charge in [0.05, 0.1) is 5.60 Å². The van der Waals surface area contributed by atoms with Crippen molar-refractivity contribution in [1.82, 2.24) is 4.90 Å². The highest BCUT2D eigenvalue weighted by atomic mass is 16.3. The molecule has 0 spiro atoms. The fraction of sp³-hybridized carbons (Fsp3) is 0.867. The third kappa shape index (κ3) is 1.86. The van der Waals surface area contributed by atoms with Crippen molar-refractivity contribution in [3.8, 4) is 0 Å². The molecule has 2 unspecified atom stereocenters. The molecule has 2 saturated carbocycles. The van der Waals surface area contributed by atoms with Crippen molar-refractivity contribution in [2.45, 2.75) is 51.0 Å². The second kappa shape index (κ2) is 4.45. The Hall–Kier alpha value is -1.10. The molecule has 3 fully saturated rings. The molecule has 1 heterocycles. The molecule has 2 amide bonds. The minimum Gasteiger partial charge on any atom is -0.389 e. The minimum absolute atomic E-state index is 0.0641. The van der Waals surface area contributed by atoms with Gasteiger partial charge in [-0.2, -0.15) is 0 Å². The van der Waals surface area contributed by atoms with Crippen molar-refractivity contribution < 1.29 is 14.7 Å². The Balaban J connectivity index is 1.68. The number of nitrogens with zero attached hydrogens (tertiary/aromatic N) is 1. The lowest BCUT2D eigenvalue weighted by Gasteiger charge is -2.50. The molecule has 0 radical (unpaired) electrons. The summed E-state index contributed by atoms with van der Waals surface area (Å²) in [5.41, 5.74) is 3.82. The Kier molecular flexibility index (Phi) is 3.08. The van der Waals surface area contributed by atoms with Crippen LogP contribution in [0.4, 0.5) is 0 Å². The van der Waals surface area contributed by atoms with Gasteiger partial charge in [0.15, 0.2) is 0 Å². The lowest BCUT2D eigenvalue weighted by Crippen LogP contribution is -2.59. The van der Waals surface area contributed by atoms with Crippen LogP contribution in [0.5, 0.6) is 0 Å². The number of rotatable bonds is 3. The summed E-state index contributed by atoms with van der Waals surface area (Å²) in [4.78, 5) is 25.7. The summed E-state index contributed by atoms with van der Waals surface area (Å²) < 4.78 is 0. The van der Waals surface area contributed by atoms with Crippen LogP contribution in [0.2, 0.25) is 0 Å². The summed E-state index contributed by atoms with van der Waals surface area (Å²) in [7, 11) is 0. The number of aliphatic hydroxyl groups is 1. The number of likely N-dealkylation sites (tertiary alicyclic amines) is 1. The zero-order valence-corrected chi connectivity index (χ0v) is 12.1. The largest absolute Gasteiger partial charge is 0.389 e. The maximum atomic E-state index is 12.5. The van der Waals surface area contributed by atoms with Crippen molar-refractivity contribution >= 4 is 11.8 Å². The van der Waals surface area contributed by atoms with Gasteiger partial charge in [-0.25, -0.2) is 0 Å². The maximum absolute atomic E-state index is 12.5. The molecule has 5 heteroatoms. The van der Waals surface area contributed by atoms with Gasteiger partial charge in [0.25, 0.3) is 0 Å². The molecule has 20 heavy (non-hydrogen) atoms. The third-order valence-electron chi connectivity index (χ3n) is 5.86. The standard InChI is InChI=1S/C15H24N2O3/c1-10-9-17(13(19)14(5-6-14)12(16)18)8-7-15(10,20)11-3-2-4-11/h10-11,20H,2-9H2,1H3,(H2,16,18). The van der Waals surface area contributed by atoms with E-state index in [-0.39, 0.29) is 11.8 Å². The van der Waals surface area contributed by atoms with E-state index in [1.807, 2.05) is 6.92 Å². The predicted octanol–water partition coefficient (Wildman–Crippen LogP) is 0.651. The smallest absolute Gasteiger partial charge is 0.238 e. The molecule has 3 aliphatic rings. The fourth-order valence-electron chi connectivity index (χ4n) is 3.83. The molecule has 3 rings (SSSR count). The SMILES string of the molecule is CC1CN(C(=O)C2(C(N)=O)CC2)CCC1(O)C1CCC1. The molecule has 0 aromatic rings. The average Bonchev–Trinajstić information content (AvgIpc) is 3.11. The van der Waals surface area contributed by atoms with E-state index in [9.17, 15) is 14.7 Å². The van der Waals surface area contributed by atoms with Crippen LogP contribution in [-0.2, 0) is 9.59 Å². The molecule has 1 aliphatic heterocycles. The molecule has 112 valence electrons. The van der Waals surface area contributed by atoms with Gasteiger partial charge >= 0.3 is 0 Å². The Labute approximate surface area is 119 Å². The van der Waals surface area contributed by atoms with Gasteiger partial charge in [0.2, 0.25) is 11.8 Å². The second-order valence-corrected chi connectivity index (χ2v) is 6.97. The Morgan fingerprint density at radius 2 is 1.90 bits per heavy atom. The molecule has 1 saturated heterocycles. The van der Waals surface area contributed by atoms with E-state index >= 15 is 0 Å². The molecular weight excluding hydrogens is 256 g/mol. The van der Waals surface area contributed by atoms with Gasteiger partial charge < -0.3 is 15.7 Å². The highest BCUT2D eigenvalue weighted by Gasteiger charge is 2.58. The summed E-state index contributed by atoms with van der Waals surface area (Å²) in [6.45, 7) is 3.10. The molecule has 5 nitrogen and oxygen atoms in total. The number of carbonyl (C=O) groups is 2. The fourth-order valence-corrected chi connectivity index (χ4v) is 3.83. The lowest BCUT2D eigenvalue weighted by atomic mass is 9.64. The van der Waals surface area contributed by atoms with Crippen LogP contribution in [-0.4, -0.2) is 40.5 Å². The normalized spacial score (nSPS) is 36.3. The van der Waals surface area contributed by atoms with Crippen LogP contribution in [0.25, 0.3) is 0 Å². The Bertz CT molecular complexity index is 442.